The van der Waals surface area contributed by atoms with Crippen LogP contribution in [0.25, 0.3) is 0 Å². The molecule has 0 aliphatic carbocycles. The van der Waals surface area contributed by atoms with Crippen molar-refractivity contribution in [2.45, 2.75) is 24.2 Å². The number of carbonyl (C=O) groups is 1. The Bertz CT molecular complexity index is 792. The molecule has 2 amide bonds. The smallest absolute Gasteiger partial charge is 0.319 e. The fraction of sp³-hybridized carbons (Fsp3) is 0.235. The van der Waals surface area contributed by atoms with Crippen LogP contribution in [0.4, 0.5) is 10.5 Å². The van der Waals surface area contributed by atoms with Gasteiger partial charge in [0, 0.05) is 18.2 Å². The van der Waals surface area contributed by atoms with Gasteiger partial charge in [-0.3, -0.25) is 0 Å². The molecule has 0 spiro atoms. The van der Waals surface area contributed by atoms with E-state index in [-0.39, 0.29) is 10.8 Å². The molecule has 128 valence electrons. The van der Waals surface area contributed by atoms with Gasteiger partial charge in [0.05, 0.1) is 4.90 Å². The summed E-state index contributed by atoms with van der Waals surface area (Å²) >= 11 is 0. The van der Waals surface area contributed by atoms with Gasteiger partial charge in [-0.2, -0.15) is 0 Å². The van der Waals surface area contributed by atoms with Crippen LogP contribution in [0.2, 0.25) is 0 Å². The summed E-state index contributed by atoms with van der Waals surface area (Å²) in [5.74, 6) is 0.215. The fourth-order valence-electron chi connectivity index (χ4n) is 2.37. The van der Waals surface area contributed by atoms with Crippen LogP contribution in [0, 0.1) is 0 Å². The van der Waals surface area contributed by atoms with E-state index < -0.39 is 16.1 Å². The third-order valence-corrected chi connectivity index (χ3v) is 4.60. The number of nitrogens with one attached hydrogen (secondary N) is 2. The number of sulfonamides is 1. The van der Waals surface area contributed by atoms with E-state index in [1.807, 2.05) is 30.3 Å². The number of carbonyl (C=O) groups excluding carboxylic acids is 1. The molecule has 2 aromatic carbocycles. The lowest BCUT2D eigenvalue weighted by Gasteiger charge is -2.16. The number of rotatable bonds is 6. The number of hydrogen-bond acceptors (Lipinski definition) is 3. The molecule has 7 heteroatoms. The SMILES string of the molecule is CC[C@H](CNC(=O)Nc1cccc(S(N)(=O)=O)c1)c1ccccc1. The summed E-state index contributed by atoms with van der Waals surface area (Å²) in [6.45, 7) is 2.55. The minimum atomic E-state index is -3.80. The number of primary sulfonamides is 1. The van der Waals surface area contributed by atoms with E-state index in [4.69, 9.17) is 5.14 Å². The summed E-state index contributed by atoms with van der Waals surface area (Å²) in [6, 6.07) is 15.4. The molecule has 0 saturated heterocycles. The lowest BCUT2D eigenvalue weighted by molar-refractivity contribution is 0.251. The van der Waals surface area contributed by atoms with Crippen molar-refractivity contribution in [3.8, 4) is 0 Å². The molecule has 0 aliphatic rings. The van der Waals surface area contributed by atoms with Crippen molar-refractivity contribution < 1.29 is 13.2 Å². The maximum absolute atomic E-state index is 12.0. The largest absolute Gasteiger partial charge is 0.337 e. The zero-order valence-electron chi connectivity index (χ0n) is 13.4. The van der Waals surface area contributed by atoms with Gasteiger partial charge in [-0.1, -0.05) is 43.3 Å². The molecular weight excluding hydrogens is 326 g/mol. The Morgan fingerprint density at radius 2 is 1.83 bits per heavy atom. The highest BCUT2D eigenvalue weighted by molar-refractivity contribution is 7.89. The third-order valence-electron chi connectivity index (χ3n) is 3.69. The van der Waals surface area contributed by atoms with Crippen LogP contribution in [-0.2, 0) is 10.0 Å². The Balaban J connectivity index is 1.96. The molecule has 0 fully saturated rings. The number of nitrogens with two attached hydrogens (primary N) is 1. The summed E-state index contributed by atoms with van der Waals surface area (Å²) in [7, 11) is -3.80. The molecule has 4 N–H and O–H groups in total. The Kier molecular flexibility index (Phi) is 5.94. The topological polar surface area (TPSA) is 101 Å². The Hall–Kier alpha value is -2.38. The van der Waals surface area contributed by atoms with Crippen LogP contribution < -0.4 is 15.8 Å². The van der Waals surface area contributed by atoms with Crippen LogP contribution in [0.15, 0.2) is 59.5 Å². The van der Waals surface area contributed by atoms with Gasteiger partial charge in [-0.15, -0.1) is 0 Å². The summed E-state index contributed by atoms with van der Waals surface area (Å²) < 4.78 is 22.7. The molecule has 24 heavy (non-hydrogen) atoms. The summed E-state index contributed by atoms with van der Waals surface area (Å²) in [5, 5.41) is 10.5. The number of benzene rings is 2. The zero-order valence-corrected chi connectivity index (χ0v) is 14.2. The highest BCUT2D eigenvalue weighted by atomic mass is 32.2. The van der Waals surface area contributed by atoms with Crippen molar-refractivity contribution in [3.63, 3.8) is 0 Å². The van der Waals surface area contributed by atoms with Crippen molar-refractivity contribution in [2.24, 2.45) is 5.14 Å². The molecular formula is C17H21N3O3S. The van der Waals surface area contributed by atoms with Gasteiger partial charge < -0.3 is 10.6 Å². The van der Waals surface area contributed by atoms with Crippen LogP contribution in [0.3, 0.4) is 0 Å². The standard InChI is InChI=1S/C17H21N3O3S/c1-2-13(14-7-4-3-5-8-14)12-19-17(21)20-15-9-6-10-16(11-15)24(18,22)23/h3-11,13H,2,12H2,1H3,(H2,18,22,23)(H2,19,20,21)/t13-/m1/s1. The monoisotopic (exact) mass is 347 g/mol. The Morgan fingerprint density at radius 3 is 2.46 bits per heavy atom. The molecule has 2 rings (SSSR count). The number of hydrogen-bond donors (Lipinski definition) is 3. The molecule has 0 radical (unpaired) electrons. The number of urea groups is 1. The normalized spacial score (nSPS) is 12.4. The van der Waals surface area contributed by atoms with Crippen molar-refractivity contribution in [1.82, 2.24) is 5.32 Å². The van der Waals surface area contributed by atoms with Crippen molar-refractivity contribution in [1.29, 1.82) is 0 Å². The highest BCUT2D eigenvalue weighted by Crippen LogP contribution is 2.18. The summed E-state index contributed by atoms with van der Waals surface area (Å²) in [4.78, 5) is 12.0. The number of amides is 2. The maximum Gasteiger partial charge on any atom is 0.319 e. The van der Waals surface area contributed by atoms with E-state index in [0.29, 0.717) is 12.2 Å². The predicted molar refractivity (Wildman–Crippen MR) is 94.3 cm³/mol. The molecule has 2 aromatic rings. The second kappa shape index (κ2) is 7.94. The summed E-state index contributed by atoms with van der Waals surface area (Å²) in [6.07, 6.45) is 0.894. The average molecular weight is 347 g/mol. The van der Waals surface area contributed by atoms with Crippen molar-refractivity contribution in [2.75, 3.05) is 11.9 Å². The molecule has 1 atom stereocenters. The molecule has 6 nitrogen and oxygen atoms in total. The van der Waals surface area contributed by atoms with E-state index in [1.54, 1.807) is 6.07 Å². The second-order valence-electron chi connectivity index (χ2n) is 5.42. The van der Waals surface area contributed by atoms with Gasteiger partial charge in [-0.25, -0.2) is 18.4 Å². The van der Waals surface area contributed by atoms with Gasteiger partial charge in [-0.05, 0) is 30.2 Å². The lowest BCUT2D eigenvalue weighted by Crippen LogP contribution is -2.32. The first-order valence-corrected chi connectivity index (χ1v) is 9.17. The van der Waals surface area contributed by atoms with E-state index in [2.05, 4.69) is 17.6 Å². The lowest BCUT2D eigenvalue weighted by atomic mass is 9.97. The molecule has 0 bridgehead atoms. The van der Waals surface area contributed by atoms with Gasteiger partial charge in [0.25, 0.3) is 0 Å². The molecule has 0 aromatic heterocycles. The fourth-order valence-corrected chi connectivity index (χ4v) is 2.92. The van der Waals surface area contributed by atoms with E-state index in [0.717, 1.165) is 12.0 Å². The second-order valence-corrected chi connectivity index (χ2v) is 6.99. The Labute approximate surface area is 142 Å². The van der Waals surface area contributed by atoms with Gasteiger partial charge in [0.15, 0.2) is 0 Å². The molecule has 0 heterocycles. The number of anilines is 1. The van der Waals surface area contributed by atoms with Crippen LogP contribution in [0.1, 0.15) is 24.8 Å². The molecule has 0 aliphatic heterocycles. The first kappa shape index (κ1) is 18.0. The average Bonchev–Trinajstić information content (AvgIpc) is 2.56. The van der Waals surface area contributed by atoms with Crippen LogP contribution in [-0.4, -0.2) is 21.0 Å². The minimum Gasteiger partial charge on any atom is -0.337 e. The van der Waals surface area contributed by atoms with Crippen LogP contribution >= 0.6 is 0 Å². The van der Waals surface area contributed by atoms with E-state index >= 15 is 0 Å². The van der Waals surface area contributed by atoms with Gasteiger partial charge in [0.2, 0.25) is 10.0 Å². The van der Waals surface area contributed by atoms with E-state index in [9.17, 15) is 13.2 Å². The molecule has 0 saturated carbocycles. The van der Waals surface area contributed by atoms with Gasteiger partial charge in [0.1, 0.15) is 0 Å². The zero-order chi connectivity index (χ0) is 17.6. The quantitative estimate of drug-likeness (QED) is 0.748. The van der Waals surface area contributed by atoms with Crippen molar-refractivity contribution >= 4 is 21.7 Å². The van der Waals surface area contributed by atoms with Gasteiger partial charge >= 0.3 is 6.03 Å². The molecule has 0 unspecified atom stereocenters. The first-order chi connectivity index (χ1) is 11.4. The Morgan fingerprint density at radius 1 is 1.12 bits per heavy atom. The predicted octanol–water partition coefficient (Wildman–Crippen LogP) is 2.65. The highest BCUT2D eigenvalue weighted by Gasteiger charge is 2.12. The van der Waals surface area contributed by atoms with Crippen molar-refractivity contribution in [3.05, 3.63) is 60.2 Å². The first-order valence-electron chi connectivity index (χ1n) is 7.63. The van der Waals surface area contributed by atoms with Crippen LogP contribution in [0.5, 0.6) is 0 Å². The maximum atomic E-state index is 12.0. The third kappa shape index (κ3) is 5.07. The summed E-state index contributed by atoms with van der Waals surface area (Å²) in [5.41, 5.74) is 1.53. The minimum absolute atomic E-state index is 0.0454. The van der Waals surface area contributed by atoms with E-state index in [1.165, 1.54) is 18.2 Å².